The van der Waals surface area contributed by atoms with Gasteiger partial charge in [0, 0.05) is 10.8 Å². The lowest BCUT2D eigenvalue weighted by atomic mass is 9.84. The van der Waals surface area contributed by atoms with Crippen molar-refractivity contribution in [2.45, 2.75) is 0 Å². The van der Waals surface area contributed by atoms with Crippen LogP contribution in [0.3, 0.4) is 0 Å². The van der Waals surface area contributed by atoms with Gasteiger partial charge in [-0.15, -0.1) is 0 Å². The summed E-state index contributed by atoms with van der Waals surface area (Å²) >= 11 is 0. The third kappa shape index (κ3) is 3.97. The summed E-state index contributed by atoms with van der Waals surface area (Å²) in [6.45, 7) is 0. The van der Waals surface area contributed by atoms with E-state index in [4.69, 9.17) is 16.8 Å². The predicted molar refractivity (Wildman–Crippen MR) is 200 cm³/mol. The molecule has 10 aromatic rings. The van der Waals surface area contributed by atoms with Gasteiger partial charge in [-0.05, 0) is 101 Å². The lowest BCUT2D eigenvalue weighted by Gasteiger charge is -2.19. The Hall–Kier alpha value is -6.18. The minimum absolute atomic E-state index is 0.0109. The minimum Gasteiger partial charge on any atom is -0.456 e. The lowest BCUT2D eigenvalue weighted by molar-refractivity contribution is 0.669. The standard InChI is InChI=1S/C46H28O/c1-2-14-31-28-43-41(27-30(31)13-1)46-40(24-11-25-42(46)47-43)45-38-21-7-5-19-36(38)44(37-20-6-8-22-39(37)45)33-17-9-16-32(26-33)35-23-10-15-29-12-3-4-18-34(29)35/h1-28H/i3D,4D,9D,10D,12D,15D,16D,17D,18D,23D,26D. The molecule has 0 fully saturated rings. The highest BCUT2D eigenvalue weighted by molar-refractivity contribution is 6.26. The van der Waals surface area contributed by atoms with Crippen LogP contribution in [0.2, 0.25) is 0 Å². The van der Waals surface area contributed by atoms with Gasteiger partial charge in [0.15, 0.2) is 0 Å². The number of furan rings is 1. The molecule has 1 aromatic heterocycles. The summed E-state index contributed by atoms with van der Waals surface area (Å²) in [5.74, 6) is 0. The second-order valence-corrected chi connectivity index (χ2v) is 11.6. The molecule has 0 radical (unpaired) electrons. The molecule has 0 spiro atoms. The summed E-state index contributed by atoms with van der Waals surface area (Å²) in [5, 5.41) is 6.25. The first-order valence-electron chi connectivity index (χ1n) is 20.8. The molecular formula is C46H28O. The number of benzene rings is 9. The van der Waals surface area contributed by atoms with Crippen LogP contribution in [0.4, 0.5) is 0 Å². The van der Waals surface area contributed by atoms with Gasteiger partial charge in [0.2, 0.25) is 0 Å². The first-order valence-corrected chi connectivity index (χ1v) is 15.3. The van der Waals surface area contributed by atoms with Crippen molar-refractivity contribution >= 4 is 65.0 Å². The average molecular weight is 608 g/mol. The van der Waals surface area contributed by atoms with Gasteiger partial charge in [-0.2, -0.15) is 0 Å². The summed E-state index contributed by atoms with van der Waals surface area (Å²) in [7, 11) is 0. The Morgan fingerprint density at radius 1 is 0.404 bits per heavy atom. The fraction of sp³-hybridized carbons (Fsp3) is 0. The number of hydrogen-bond donors (Lipinski definition) is 0. The molecule has 47 heavy (non-hydrogen) atoms. The zero-order valence-corrected chi connectivity index (χ0v) is 24.7. The maximum Gasteiger partial charge on any atom is 0.136 e. The highest BCUT2D eigenvalue weighted by Crippen LogP contribution is 2.47. The Labute approximate surface area is 287 Å². The smallest absolute Gasteiger partial charge is 0.136 e. The molecule has 1 heterocycles. The first-order chi connectivity index (χ1) is 27.9. The third-order valence-corrected chi connectivity index (χ3v) is 9.00. The molecule has 9 aromatic carbocycles. The van der Waals surface area contributed by atoms with Crippen LogP contribution in [0, 0.1) is 0 Å². The van der Waals surface area contributed by atoms with Crippen LogP contribution in [-0.2, 0) is 0 Å². The summed E-state index contributed by atoms with van der Waals surface area (Å²) < 4.78 is 104. The van der Waals surface area contributed by atoms with Gasteiger partial charge in [0.25, 0.3) is 0 Å². The van der Waals surface area contributed by atoms with Crippen LogP contribution in [0.1, 0.15) is 15.1 Å². The van der Waals surface area contributed by atoms with Crippen molar-refractivity contribution in [1.82, 2.24) is 0 Å². The molecule has 0 bridgehead atoms. The topological polar surface area (TPSA) is 13.1 Å². The maximum atomic E-state index is 9.81. The van der Waals surface area contributed by atoms with Crippen molar-refractivity contribution in [2.24, 2.45) is 0 Å². The molecule has 0 saturated carbocycles. The highest BCUT2D eigenvalue weighted by Gasteiger charge is 2.20. The van der Waals surface area contributed by atoms with E-state index in [1.165, 1.54) is 0 Å². The summed E-state index contributed by atoms with van der Waals surface area (Å²) in [6.07, 6.45) is 0. The van der Waals surface area contributed by atoms with E-state index in [1.807, 2.05) is 84.9 Å². The van der Waals surface area contributed by atoms with Gasteiger partial charge in [-0.1, -0.05) is 145 Å². The SMILES string of the molecule is [2H]c1c([2H])c(-c2c3ccccc3c(-c3cccc4oc5cc6ccccc6cc5c34)c3ccccc23)c([2H])c(-c2c([2H])c([2H])c([2H])c3c([2H])c([2H])c([2H])c([2H])c23)c1[2H]. The molecule has 0 atom stereocenters. The summed E-state index contributed by atoms with van der Waals surface area (Å²) in [5.41, 5.74) is 3.02. The van der Waals surface area contributed by atoms with E-state index in [0.29, 0.717) is 21.9 Å². The molecule has 0 aliphatic carbocycles. The van der Waals surface area contributed by atoms with E-state index in [-0.39, 0.29) is 27.5 Å². The first kappa shape index (κ1) is 17.5. The number of fused-ring (bicyclic) bond motifs is 7. The van der Waals surface area contributed by atoms with E-state index in [9.17, 15) is 2.74 Å². The molecule has 0 aliphatic rings. The second kappa shape index (κ2) is 10.2. The van der Waals surface area contributed by atoms with E-state index in [2.05, 4.69) is 18.2 Å². The van der Waals surface area contributed by atoms with Crippen LogP contribution >= 0.6 is 0 Å². The Balaban J connectivity index is 1.35. The minimum atomic E-state index is -0.649. The van der Waals surface area contributed by atoms with E-state index in [0.717, 1.165) is 49.0 Å². The zero-order valence-electron chi connectivity index (χ0n) is 35.7. The van der Waals surface area contributed by atoms with Crippen molar-refractivity contribution in [2.75, 3.05) is 0 Å². The fourth-order valence-corrected chi connectivity index (χ4v) is 7.00. The molecule has 1 nitrogen and oxygen atoms in total. The van der Waals surface area contributed by atoms with Gasteiger partial charge in [0.1, 0.15) is 11.2 Å². The summed E-state index contributed by atoms with van der Waals surface area (Å²) in [6, 6.07) is 27.2. The van der Waals surface area contributed by atoms with Crippen LogP contribution in [-0.4, -0.2) is 0 Å². The molecule has 0 unspecified atom stereocenters. The predicted octanol–water partition coefficient (Wildman–Crippen LogP) is 13.2. The van der Waals surface area contributed by atoms with E-state index < -0.39 is 66.5 Å². The molecule has 1 heteroatoms. The molecule has 0 saturated heterocycles. The number of rotatable bonds is 3. The van der Waals surface area contributed by atoms with Crippen molar-refractivity contribution in [3.05, 3.63) is 170 Å². The quantitative estimate of drug-likeness (QED) is 0.182. The van der Waals surface area contributed by atoms with Gasteiger partial charge in [-0.25, -0.2) is 0 Å². The van der Waals surface area contributed by atoms with E-state index >= 15 is 0 Å². The van der Waals surface area contributed by atoms with Gasteiger partial charge in [0.05, 0.1) is 15.1 Å². The Morgan fingerprint density at radius 3 is 1.83 bits per heavy atom. The normalized spacial score (nSPS) is 15.1. The van der Waals surface area contributed by atoms with Gasteiger partial charge >= 0.3 is 0 Å². The third-order valence-electron chi connectivity index (χ3n) is 9.00. The van der Waals surface area contributed by atoms with Crippen molar-refractivity contribution in [1.29, 1.82) is 0 Å². The van der Waals surface area contributed by atoms with Crippen LogP contribution < -0.4 is 0 Å². The van der Waals surface area contributed by atoms with Gasteiger partial charge in [-0.3, -0.25) is 0 Å². The molecule has 0 N–H and O–H groups in total. The average Bonchev–Trinajstić information content (AvgIpc) is 3.60. The van der Waals surface area contributed by atoms with Crippen LogP contribution in [0.15, 0.2) is 174 Å². The van der Waals surface area contributed by atoms with Crippen LogP contribution in [0.25, 0.3) is 98.4 Å². The largest absolute Gasteiger partial charge is 0.456 e. The maximum absolute atomic E-state index is 9.81. The zero-order chi connectivity index (χ0) is 40.5. The number of hydrogen-bond acceptors (Lipinski definition) is 1. The van der Waals surface area contributed by atoms with Crippen LogP contribution in [0.5, 0.6) is 0 Å². The molecule has 218 valence electrons. The molecule has 10 rings (SSSR count). The van der Waals surface area contributed by atoms with Crippen molar-refractivity contribution < 1.29 is 19.5 Å². The summed E-state index contributed by atoms with van der Waals surface area (Å²) in [4.78, 5) is 0. The lowest BCUT2D eigenvalue weighted by Crippen LogP contribution is -1.91. The molecule has 0 aliphatic heterocycles. The Kier molecular flexibility index (Phi) is 3.79. The van der Waals surface area contributed by atoms with Crippen molar-refractivity contribution in [3.8, 4) is 33.4 Å². The fourth-order valence-electron chi connectivity index (χ4n) is 7.00. The van der Waals surface area contributed by atoms with Gasteiger partial charge < -0.3 is 4.42 Å². The monoisotopic (exact) mass is 607 g/mol. The van der Waals surface area contributed by atoms with Crippen molar-refractivity contribution in [3.63, 3.8) is 0 Å². The molecular weight excluding hydrogens is 569 g/mol. The Bertz CT molecular complexity index is 3410. The van der Waals surface area contributed by atoms with E-state index in [1.54, 1.807) is 0 Å². The highest BCUT2D eigenvalue weighted by atomic mass is 16.3. The second-order valence-electron chi connectivity index (χ2n) is 11.6. The Morgan fingerprint density at radius 2 is 1.04 bits per heavy atom. The molecule has 0 amide bonds.